The summed E-state index contributed by atoms with van der Waals surface area (Å²) in [6, 6.07) is 6.36. The largest absolute Gasteiger partial charge is 0.291 e. The third-order valence-corrected chi connectivity index (χ3v) is 4.66. The number of halogens is 5. The van der Waals surface area contributed by atoms with Gasteiger partial charge in [0, 0.05) is 0 Å². The molecular formula is C18H17ClF4N6O. The molecule has 160 valence electrons. The summed E-state index contributed by atoms with van der Waals surface area (Å²) >= 11 is 5.62. The van der Waals surface area contributed by atoms with Crippen molar-refractivity contribution < 1.29 is 22.4 Å². The second kappa shape index (κ2) is 8.82. The van der Waals surface area contributed by atoms with Crippen LogP contribution in [0.15, 0.2) is 30.6 Å². The van der Waals surface area contributed by atoms with Crippen molar-refractivity contribution in [3.05, 3.63) is 58.1 Å². The van der Waals surface area contributed by atoms with Crippen LogP contribution < -0.4 is 5.32 Å². The highest BCUT2D eigenvalue weighted by Crippen LogP contribution is 2.36. The molecule has 3 aromatic rings. The molecule has 0 fully saturated rings. The molecule has 1 unspecified atom stereocenters. The number of aryl methyl sites for hydroxylation is 1. The van der Waals surface area contributed by atoms with Crippen LogP contribution in [0.4, 0.5) is 23.5 Å². The van der Waals surface area contributed by atoms with Crippen molar-refractivity contribution >= 4 is 23.5 Å². The Morgan fingerprint density at radius 1 is 1.20 bits per heavy atom. The Hall–Kier alpha value is -2.95. The molecule has 0 aliphatic heterocycles. The fourth-order valence-electron chi connectivity index (χ4n) is 2.83. The SMILES string of the molecule is Cc1cccc(Cn2cnc(NC(=O)C(C)n3nc(C(F)F)c(Cl)c3C(F)F)n2)c1. The Morgan fingerprint density at radius 2 is 1.93 bits per heavy atom. The number of amides is 1. The number of carbonyl (C=O) groups is 1. The van der Waals surface area contributed by atoms with E-state index in [2.05, 4.69) is 20.5 Å². The molecular weight excluding hydrogens is 428 g/mol. The molecule has 12 heteroatoms. The van der Waals surface area contributed by atoms with E-state index in [1.54, 1.807) is 0 Å². The molecule has 1 N–H and O–H groups in total. The summed E-state index contributed by atoms with van der Waals surface area (Å²) in [7, 11) is 0. The van der Waals surface area contributed by atoms with Crippen LogP contribution >= 0.6 is 11.6 Å². The number of hydrogen-bond donors (Lipinski definition) is 1. The third-order valence-electron chi connectivity index (χ3n) is 4.27. The van der Waals surface area contributed by atoms with E-state index in [-0.39, 0.29) is 5.95 Å². The van der Waals surface area contributed by atoms with E-state index >= 15 is 0 Å². The molecule has 1 aromatic carbocycles. The normalized spacial score (nSPS) is 12.6. The van der Waals surface area contributed by atoms with Crippen LogP contribution in [0.2, 0.25) is 5.02 Å². The zero-order valence-corrected chi connectivity index (χ0v) is 16.6. The molecule has 1 atom stereocenters. The number of nitrogens with zero attached hydrogens (tertiary/aromatic N) is 5. The lowest BCUT2D eigenvalue weighted by Gasteiger charge is -2.14. The van der Waals surface area contributed by atoms with Crippen LogP contribution in [0.5, 0.6) is 0 Å². The average molecular weight is 445 g/mol. The minimum absolute atomic E-state index is 0.0644. The van der Waals surface area contributed by atoms with Crippen molar-refractivity contribution in [1.82, 2.24) is 24.5 Å². The van der Waals surface area contributed by atoms with E-state index in [0.717, 1.165) is 11.1 Å². The van der Waals surface area contributed by atoms with Gasteiger partial charge in [-0.15, -0.1) is 5.10 Å². The molecule has 0 aliphatic carbocycles. The Kier molecular flexibility index (Phi) is 6.40. The molecule has 0 bridgehead atoms. The van der Waals surface area contributed by atoms with E-state index in [9.17, 15) is 22.4 Å². The number of rotatable bonds is 7. The van der Waals surface area contributed by atoms with Crippen molar-refractivity contribution in [2.75, 3.05) is 5.32 Å². The van der Waals surface area contributed by atoms with Crippen molar-refractivity contribution in [1.29, 1.82) is 0 Å². The lowest BCUT2D eigenvalue weighted by molar-refractivity contribution is -0.119. The second-order valence-electron chi connectivity index (χ2n) is 6.55. The number of nitrogens with one attached hydrogen (secondary N) is 1. The van der Waals surface area contributed by atoms with Gasteiger partial charge in [0.15, 0.2) is 0 Å². The summed E-state index contributed by atoms with van der Waals surface area (Å²) in [5.41, 5.74) is 0.0870. The molecule has 0 aliphatic rings. The highest BCUT2D eigenvalue weighted by Gasteiger charge is 2.32. The number of hydrogen-bond acceptors (Lipinski definition) is 4. The van der Waals surface area contributed by atoms with Crippen molar-refractivity contribution in [3.8, 4) is 0 Å². The van der Waals surface area contributed by atoms with E-state index in [1.807, 2.05) is 31.2 Å². The van der Waals surface area contributed by atoms with Gasteiger partial charge < -0.3 is 0 Å². The number of anilines is 1. The first kappa shape index (κ1) is 21.8. The summed E-state index contributed by atoms with van der Waals surface area (Å²) in [5.74, 6) is -0.879. The first-order valence-electron chi connectivity index (χ1n) is 8.77. The van der Waals surface area contributed by atoms with Crippen molar-refractivity contribution in [2.45, 2.75) is 39.3 Å². The summed E-state index contributed by atoms with van der Waals surface area (Å²) in [6.07, 6.45) is -4.96. The summed E-state index contributed by atoms with van der Waals surface area (Å²) < 4.78 is 54.5. The number of carbonyl (C=O) groups excluding carboxylic acids is 1. The van der Waals surface area contributed by atoms with Gasteiger partial charge in [-0.1, -0.05) is 41.4 Å². The molecule has 2 heterocycles. The smallest absolute Gasteiger partial charge is 0.283 e. The van der Waals surface area contributed by atoms with Gasteiger partial charge in [-0.2, -0.15) is 5.10 Å². The lowest BCUT2D eigenvalue weighted by Crippen LogP contribution is -2.26. The van der Waals surface area contributed by atoms with Crippen LogP contribution in [-0.2, 0) is 11.3 Å². The maximum atomic E-state index is 13.3. The zero-order chi connectivity index (χ0) is 22.0. The molecule has 2 aromatic heterocycles. The first-order valence-corrected chi connectivity index (χ1v) is 9.15. The monoisotopic (exact) mass is 444 g/mol. The Balaban J connectivity index is 1.75. The van der Waals surface area contributed by atoms with Gasteiger partial charge >= 0.3 is 0 Å². The Morgan fingerprint density at radius 3 is 2.57 bits per heavy atom. The quantitative estimate of drug-likeness (QED) is 0.542. The van der Waals surface area contributed by atoms with Crippen LogP contribution in [0.3, 0.4) is 0 Å². The van der Waals surface area contributed by atoms with Crippen molar-refractivity contribution in [2.24, 2.45) is 0 Å². The van der Waals surface area contributed by atoms with Gasteiger partial charge in [0.1, 0.15) is 23.8 Å². The molecule has 7 nitrogen and oxygen atoms in total. The Labute approximate surface area is 173 Å². The van der Waals surface area contributed by atoms with E-state index in [0.29, 0.717) is 11.2 Å². The minimum Gasteiger partial charge on any atom is -0.291 e. The zero-order valence-electron chi connectivity index (χ0n) is 15.9. The maximum Gasteiger partial charge on any atom is 0.283 e. The van der Waals surface area contributed by atoms with Gasteiger partial charge in [0.25, 0.3) is 18.8 Å². The summed E-state index contributed by atoms with van der Waals surface area (Å²) in [6.45, 7) is 3.58. The topological polar surface area (TPSA) is 77.6 Å². The maximum absolute atomic E-state index is 13.3. The predicted molar refractivity (Wildman–Crippen MR) is 101 cm³/mol. The van der Waals surface area contributed by atoms with Crippen molar-refractivity contribution in [3.63, 3.8) is 0 Å². The molecule has 0 spiro atoms. The van der Waals surface area contributed by atoms with Gasteiger partial charge in [-0.3, -0.25) is 10.1 Å². The predicted octanol–water partition coefficient (Wildman–Crippen LogP) is 4.56. The van der Waals surface area contributed by atoms with Gasteiger partial charge in [-0.25, -0.2) is 31.9 Å². The summed E-state index contributed by atoms with van der Waals surface area (Å²) in [4.78, 5) is 16.4. The molecule has 0 radical (unpaired) electrons. The minimum atomic E-state index is -3.19. The molecule has 30 heavy (non-hydrogen) atoms. The number of benzene rings is 1. The Bertz CT molecular complexity index is 1050. The fourth-order valence-corrected chi connectivity index (χ4v) is 3.12. The van der Waals surface area contributed by atoms with E-state index in [1.165, 1.54) is 17.9 Å². The first-order chi connectivity index (χ1) is 14.2. The third kappa shape index (κ3) is 4.61. The molecule has 1 amide bonds. The van der Waals surface area contributed by atoms with Gasteiger partial charge in [0.05, 0.1) is 11.6 Å². The number of alkyl halides is 4. The highest BCUT2D eigenvalue weighted by molar-refractivity contribution is 6.32. The highest BCUT2D eigenvalue weighted by atomic mass is 35.5. The standard InChI is InChI=1S/C18H17ClF4N6O/c1-9-4-3-5-11(6-9)7-28-8-24-18(27-28)25-17(30)10(2)29-14(16(22)23)12(19)13(26-29)15(20)21/h3-6,8,10,15-16H,7H2,1-2H3,(H,25,27,30). The lowest BCUT2D eigenvalue weighted by atomic mass is 10.1. The van der Waals surface area contributed by atoms with Gasteiger partial charge in [-0.05, 0) is 19.4 Å². The van der Waals surface area contributed by atoms with Crippen LogP contribution in [-0.4, -0.2) is 30.5 Å². The fraction of sp³-hybridized carbons (Fsp3) is 0.333. The van der Waals surface area contributed by atoms with Gasteiger partial charge in [0.2, 0.25) is 5.95 Å². The van der Waals surface area contributed by atoms with Crippen LogP contribution in [0, 0.1) is 6.92 Å². The molecule has 3 rings (SSSR count). The molecule has 0 saturated carbocycles. The van der Waals surface area contributed by atoms with E-state index < -0.39 is 41.2 Å². The van der Waals surface area contributed by atoms with Crippen LogP contribution in [0.1, 0.15) is 48.3 Å². The van der Waals surface area contributed by atoms with Crippen LogP contribution in [0.25, 0.3) is 0 Å². The average Bonchev–Trinajstić information content (AvgIpc) is 3.25. The second-order valence-corrected chi connectivity index (χ2v) is 6.93. The number of aromatic nitrogens is 5. The molecule has 0 saturated heterocycles. The summed E-state index contributed by atoms with van der Waals surface area (Å²) in [5, 5.41) is 9.02. The van der Waals surface area contributed by atoms with E-state index in [4.69, 9.17) is 11.6 Å².